The van der Waals surface area contributed by atoms with Crippen LogP contribution in [0.5, 0.6) is 0 Å². The summed E-state index contributed by atoms with van der Waals surface area (Å²) in [4.78, 5) is 0. The molecule has 1 aromatic carbocycles. The highest BCUT2D eigenvalue weighted by Crippen LogP contribution is 2.54. The molecule has 2 aliphatic rings. The number of hydrogen-bond acceptors (Lipinski definition) is 1. The summed E-state index contributed by atoms with van der Waals surface area (Å²) < 4.78 is 2.54. The van der Waals surface area contributed by atoms with Gasteiger partial charge < -0.3 is 5.41 Å². The van der Waals surface area contributed by atoms with E-state index in [9.17, 15) is 0 Å². The van der Waals surface area contributed by atoms with Crippen LogP contribution in [0.4, 0.5) is 0 Å². The van der Waals surface area contributed by atoms with E-state index in [1.807, 2.05) is 0 Å². The normalized spacial score (nSPS) is 26.3. The van der Waals surface area contributed by atoms with Crippen molar-refractivity contribution in [2.24, 2.45) is 0 Å². The van der Waals surface area contributed by atoms with Crippen molar-refractivity contribution in [2.45, 2.75) is 63.8 Å². The second-order valence-corrected chi connectivity index (χ2v) is 7.41. The lowest BCUT2D eigenvalue weighted by atomic mass is 9.60. The molecule has 3 unspecified atom stereocenters. The van der Waals surface area contributed by atoms with Crippen LogP contribution in [0.15, 0.2) is 36.4 Å². The van der Waals surface area contributed by atoms with Crippen molar-refractivity contribution < 1.29 is 4.57 Å². The zero-order chi connectivity index (χ0) is 16.9. The maximum absolute atomic E-state index is 7.99. The molecular weight excluding hydrogens is 292 g/mol. The molecule has 24 heavy (non-hydrogen) atoms. The largest absolute Gasteiger partial charge is 0.312 e. The highest BCUT2D eigenvalue weighted by molar-refractivity contribution is 5.72. The van der Waals surface area contributed by atoms with Gasteiger partial charge in [0.05, 0.1) is 5.56 Å². The van der Waals surface area contributed by atoms with Crippen LogP contribution in [0.3, 0.4) is 0 Å². The first-order chi connectivity index (χ1) is 11.7. The third kappa shape index (κ3) is 1.77. The van der Waals surface area contributed by atoms with Crippen molar-refractivity contribution >= 4 is 6.21 Å². The molecule has 0 aliphatic carbocycles. The highest BCUT2D eigenvalue weighted by Gasteiger charge is 2.65. The summed E-state index contributed by atoms with van der Waals surface area (Å²) in [5.74, 6) is 0.682. The Morgan fingerprint density at radius 1 is 1.21 bits per heavy atom. The summed E-state index contributed by atoms with van der Waals surface area (Å²) in [6.07, 6.45) is 6.39. The van der Waals surface area contributed by atoms with Gasteiger partial charge in [0.2, 0.25) is 5.69 Å². The number of benzene rings is 1. The molecule has 0 saturated carbocycles. The van der Waals surface area contributed by atoms with Gasteiger partial charge in [-0.15, -0.1) is 0 Å². The smallest absolute Gasteiger partial charge is 0.213 e. The van der Waals surface area contributed by atoms with Gasteiger partial charge in [0.25, 0.3) is 0 Å². The van der Waals surface area contributed by atoms with Gasteiger partial charge in [-0.25, -0.2) is 0 Å². The van der Waals surface area contributed by atoms with E-state index in [0.29, 0.717) is 5.92 Å². The number of fused-ring (bicyclic) bond motifs is 2. The van der Waals surface area contributed by atoms with Crippen molar-refractivity contribution in [1.82, 2.24) is 0 Å². The molecule has 124 valence electrons. The van der Waals surface area contributed by atoms with Crippen LogP contribution in [0, 0.1) is 5.41 Å². The lowest BCUT2D eigenvalue weighted by Crippen LogP contribution is -2.75. The van der Waals surface area contributed by atoms with Gasteiger partial charge in [0, 0.05) is 30.7 Å². The van der Waals surface area contributed by atoms with Crippen molar-refractivity contribution in [3.8, 4) is 11.3 Å². The van der Waals surface area contributed by atoms with Gasteiger partial charge in [0.1, 0.15) is 5.92 Å². The van der Waals surface area contributed by atoms with Crippen LogP contribution < -0.4 is 4.57 Å². The zero-order valence-corrected chi connectivity index (χ0v) is 15.0. The van der Waals surface area contributed by atoms with Crippen molar-refractivity contribution in [3.63, 3.8) is 0 Å². The van der Waals surface area contributed by atoms with E-state index in [4.69, 9.17) is 5.41 Å². The summed E-state index contributed by atoms with van der Waals surface area (Å²) in [5.41, 5.74) is 7.02. The molecule has 0 spiro atoms. The average molecular weight is 319 g/mol. The Bertz CT molecular complexity index is 808. The molecule has 4 rings (SSSR count). The number of aromatic nitrogens is 1. The Balaban J connectivity index is 1.93. The predicted octanol–water partition coefficient (Wildman–Crippen LogP) is 4.95. The van der Waals surface area contributed by atoms with Gasteiger partial charge in [-0.3, -0.25) is 0 Å². The van der Waals surface area contributed by atoms with Gasteiger partial charge >= 0.3 is 0 Å². The van der Waals surface area contributed by atoms with Gasteiger partial charge in [-0.1, -0.05) is 39.3 Å². The summed E-state index contributed by atoms with van der Waals surface area (Å²) >= 11 is 0. The Morgan fingerprint density at radius 2 is 2.04 bits per heavy atom. The van der Waals surface area contributed by atoms with Crippen LogP contribution in [0.2, 0.25) is 0 Å². The number of rotatable bonds is 5. The van der Waals surface area contributed by atoms with Crippen molar-refractivity contribution in [3.05, 3.63) is 53.2 Å². The molecule has 1 N–H and O–H groups in total. The molecule has 2 aromatic rings. The summed E-state index contributed by atoms with van der Waals surface area (Å²) in [7, 11) is 0. The van der Waals surface area contributed by atoms with Gasteiger partial charge in [-0.05, 0) is 36.1 Å². The number of aryl methyl sites for hydroxylation is 1. The molecule has 2 nitrogen and oxygen atoms in total. The summed E-state index contributed by atoms with van der Waals surface area (Å²) in [5, 5.41) is 7.99. The topological polar surface area (TPSA) is 27.7 Å². The lowest BCUT2D eigenvalue weighted by molar-refractivity contribution is -0.810. The molecule has 3 heterocycles. The summed E-state index contributed by atoms with van der Waals surface area (Å²) in [6, 6.07) is 13.7. The quantitative estimate of drug-likeness (QED) is 0.596. The molecule has 0 fully saturated rings. The molecule has 0 amide bonds. The minimum absolute atomic E-state index is 0.0472. The highest BCUT2D eigenvalue weighted by atomic mass is 15.2. The van der Waals surface area contributed by atoms with E-state index < -0.39 is 0 Å². The van der Waals surface area contributed by atoms with E-state index in [1.54, 1.807) is 6.21 Å². The van der Waals surface area contributed by atoms with Crippen molar-refractivity contribution in [1.29, 1.82) is 5.41 Å². The second kappa shape index (κ2) is 5.54. The Kier molecular flexibility index (Phi) is 3.59. The maximum atomic E-state index is 7.99. The van der Waals surface area contributed by atoms with E-state index in [2.05, 4.69) is 61.7 Å². The lowest BCUT2D eigenvalue weighted by Gasteiger charge is -2.49. The van der Waals surface area contributed by atoms with Crippen LogP contribution in [-0.4, -0.2) is 6.21 Å². The molecule has 0 bridgehead atoms. The first kappa shape index (κ1) is 15.6. The third-order valence-electron chi connectivity index (χ3n) is 6.46. The molecule has 2 heteroatoms. The Labute approximate surface area is 145 Å². The number of hydrogen-bond donors (Lipinski definition) is 1. The molecular formula is C22H27N2+. The fraction of sp³-hybridized carbons (Fsp3) is 0.455. The molecule has 0 radical (unpaired) electrons. The monoisotopic (exact) mass is 319 g/mol. The van der Waals surface area contributed by atoms with Crippen LogP contribution in [-0.2, 0) is 12.0 Å². The number of nitrogens with one attached hydrogen (secondary N) is 1. The minimum Gasteiger partial charge on any atom is -0.312 e. The van der Waals surface area contributed by atoms with Gasteiger partial charge in [0.15, 0.2) is 11.2 Å². The summed E-state index contributed by atoms with van der Waals surface area (Å²) in [6.45, 7) is 6.89. The minimum atomic E-state index is 0.0472. The number of pyridine rings is 1. The van der Waals surface area contributed by atoms with Crippen molar-refractivity contribution in [2.75, 3.05) is 0 Å². The average Bonchev–Trinajstić information content (AvgIpc) is 2.60. The molecule has 2 aliphatic heterocycles. The first-order valence-corrected chi connectivity index (χ1v) is 9.38. The first-order valence-electron chi connectivity index (χ1n) is 9.38. The third-order valence-corrected chi connectivity index (χ3v) is 6.46. The van der Waals surface area contributed by atoms with E-state index >= 15 is 0 Å². The zero-order valence-electron chi connectivity index (χ0n) is 15.0. The fourth-order valence-electron chi connectivity index (χ4n) is 5.16. The van der Waals surface area contributed by atoms with Crippen LogP contribution in [0.1, 0.15) is 68.7 Å². The standard InChI is InChI=1S/C22H27N2/c1-4-6-8-16-11-12-17-15(3)22(5-2)19(14-23)21-10-7-9-20(24(21)22)18(17)13-16/h7,9-15,19,23H,4-6,8H2,1-3H3/q+1. The fourth-order valence-corrected chi connectivity index (χ4v) is 5.16. The molecule has 3 atom stereocenters. The van der Waals surface area contributed by atoms with E-state index in [-0.39, 0.29) is 11.5 Å². The molecule has 1 aromatic heterocycles. The van der Waals surface area contributed by atoms with Gasteiger partial charge in [-0.2, -0.15) is 4.57 Å². The maximum Gasteiger partial charge on any atom is 0.213 e. The number of unbranched alkanes of at least 4 members (excludes halogenated alkanes) is 1. The SMILES string of the molecule is CCCCc1ccc2c(c1)-c1cccc3[n+]1C(CC)(C2C)C3C=N. The van der Waals surface area contributed by atoms with E-state index in [0.717, 1.165) is 6.42 Å². The Hall–Kier alpha value is -1.96. The Morgan fingerprint density at radius 3 is 2.75 bits per heavy atom. The number of nitrogens with zero attached hydrogens (tertiary/aromatic N) is 1. The van der Waals surface area contributed by atoms with E-state index in [1.165, 1.54) is 47.3 Å². The van der Waals surface area contributed by atoms with Crippen LogP contribution >= 0.6 is 0 Å². The molecule has 0 saturated heterocycles. The second-order valence-electron chi connectivity index (χ2n) is 7.41. The predicted molar refractivity (Wildman–Crippen MR) is 98.9 cm³/mol. The van der Waals surface area contributed by atoms with Crippen LogP contribution in [0.25, 0.3) is 11.3 Å².